The van der Waals surface area contributed by atoms with Crippen LogP contribution in [0.15, 0.2) is 24.3 Å². The van der Waals surface area contributed by atoms with Gasteiger partial charge in [-0.25, -0.2) is 4.79 Å². The molecular formula is C22H24N2O6. The number of methoxy groups -OCH3 is 2. The lowest BCUT2D eigenvalue weighted by Gasteiger charge is -2.52. The zero-order chi connectivity index (χ0) is 21.1. The third-order valence-corrected chi connectivity index (χ3v) is 8.42. The fraction of sp³-hybridized carbons (Fsp3) is 0.591. The van der Waals surface area contributed by atoms with Gasteiger partial charge in [-0.05, 0) is 24.5 Å². The number of para-hydroxylation sites is 1. The molecule has 0 aliphatic carbocycles. The predicted octanol–water partition coefficient (Wildman–Crippen LogP) is 0.826. The molecule has 5 heterocycles. The Morgan fingerprint density at radius 1 is 1.20 bits per heavy atom. The summed E-state index contributed by atoms with van der Waals surface area (Å²) in [7, 11) is 4.58. The molecule has 2 bridgehead atoms. The highest BCUT2D eigenvalue weighted by atomic mass is 16.6. The van der Waals surface area contributed by atoms with Crippen LogP contribution in [0, 0.1) is 11.8 Å². The van der Waals surface area contributed by atoms with Crippen molar-refractivity contribution >= 4 is 23.5 Å². The molecule has 1 aromatic rings. The number of piperidine rings is 1. The summed E-state index contributed by atoms with van der Waals surface area (Å²) in [5, 5.41) is 0. The molecule has 0 radical (unpaired) electrons. The first-order valence-electron chi connectivity index (χ1n) is 10.4. The third kappa shape index (κ3) is 1.50. The van der Waals surface area contributed by atoms with E-state index in [-0.39, 0.29) is 11.8 Å². The Balaban J connectivity index is 1.71. The molecule has 5 aliphatic rings. The number of nitrogens with zero attached hydrogens (tertiary/aromatic N) is 2. The number of fused-ring (bicyclic) bond motifs is 3. The number of ether oxygens (including phenoxy) is 3. The summed E-state index contributed by atoms with van der Waals surface area (Å²) in [6.07, 6.45) is 1.49. The quantitative estimate of drug-likeness (QED) is 0.665. The van der Waals surface area contributed by atoms with Gasteiger partial charge in [0.2, 0.25) is 11.5 Å². The van der Waals surface area contributed by atoms with Gasteiger partial charge in [0.15, 0.2) is 5.72 Å². The van der Waals surface area contributed by atoms with Crippen LogP contribution in [0.2, 0.25) is 0 Å². The van der Waals surface area contributed by atoms with E-state index < -0.39 is 40.6 Å². The molecule has 6 atom stereocenters. The number of rotatable bonds is 2. The SMILES string of the molecule is COC(=O)[C@@H]1[C@@H]2CCC(=O)N3CC[C@]45c6ccccc6N(C)[C@H]4[C@]1(C(=O)OC)O[C@]235. The molecule has 5 aliphatic heterocycles. The van der Waals surface area contributed by atoms with E-state index in [0.29, 0.717) is 25.8 Å². The highest BCUT2D eigenvalue weighted by molar-refractivity contribution is 5.95. The predicted molar refractivity (Wildman–Crippen MR) is 103 cm³/mol. The number of anilines is 1. The van der Waals surface area contributed by atoms with Crippen LogP contribution in [-0.4, -0.2) is 67.9 Å². The van der Waals surface area contributed by atoms with Crippen molar-refractivity contribution in [3.8, 4) is 0 Å². The van der Waals surface area contributed by atoms with Gasteiger partial charge in [-0.15, -0.1) is 0 Å². The van der Waals surface area contributed by atoms with Crippen molar-refractivity contribution in [2.45, 2.75) is 42.0 Å². The van der Waals surface area contributed by atoms with Crippen molar-refractivity contribution in [1.82, 2.24) is 4.90 Å². The van der Waals surface area contributed by atoms with Crippen LogP contribution >= 0.6 is 0 Å². The fourth-order valence-electron chi connectivity index (χ4n) is 7.78. The van der Waals surface area contributed by atoms with Crippen molar-refractivity contribution in [2.75, 3.05) is 32.7 Å². The molecule has 1 aromatic carbocycles. The van der Waals surface area contributed by atoms with Crippen LogP contribution in [0.25, 0.3) is 0 Å². The van der Waals surface area contributed by atoms with E-state index in [0.717, 1.165) is 11.3 Å². The van der Waals surface area contributed by atoms with E-state index in [9.17, 15) is 14.4 Å². The number of benzene rings is 1. The van der Waals surface area contributed by atoms with Crippen molar-refractivity contribution in [1.29, 1.82) is 0 Å². The Hall–Kier alpha value is -2.61. The summed E-state index contributed by atoms with van der Waals surface area (Å²) in [4.78, 5) is 43.5. The fourth-order valence-corrected chi connectivity index (χ4v) is 7.78. The van der Waals surface area contributed by atoms with E-state index in [1.165, 1.54) is 14.2 Å². The normalized spacial score (nSPS) is 42.1. The Bertz CT molecular complexity index is 1010. The monoisotopic (exact) mass is 412 g/mol. The van der Waals surface area contributed by atoms with Crippen molar-refractivity contribution in [3.05, 3.63) is 29.8 Å². The van der Waals surface area contributed by atoms with Gasteiger partial charge < -0.3 is 24.0 Å². The van der Waals surface area contributed by atoms with Crippen molar-refractivity contribution in [2.24, 2.45) is 11.8 Å². The van der Waals surface area contributed by atoms with Crippen molar-refractivity contribution in [3.63, 3.8) is 0 Å². The number of hydrogen-bond donors (Lipinski definition) is 0. The lowest BCUT2D eigenvalue weighted by Crippen LogP contribution is -2.71. The van der Waals surface area contributed by atoms with Crippen LogP contribution < -0.4 is 4.90 Å². The van der Waals surface area contributed by atoms with Crippen LogP contribution in [0.3, 0.4) is 0 Å². The van der Waals surface area contributed by atoms with E-state index >= 15 is 0 Å². The Labute approximate surface area is 174 Å². The first-order valence-corrected chi connectivity index (χ1v) is 10.4. The second kappa shape index (κ2) is 5.35. The first kappa shape index (κ1) is 18.2. The van der Waals surface area contributed by atoms with Crippen molar-refractivity contribution < 1.29 is 28.6 Å². The number of amides is 1. The molecule has 0 N–H and O–H groups in total. The second-order valence-corrected chi connectivity index (χ2v) is 9.03. The van der Waals surface area contributed by atoms with Gasteiger partial charge in [0.05, 0.1) is 25.7 Å². The smallest absolute Gasteiger partial charge is 0.341 e. The van der Waals surface area contributed by atoms with Gasteiger partial charge in [0.25, 0.3) is 0 Å². The molecule has 0 unspecified atom stereocenters. The van der Waals surface area contributed by atoms with Gasteiger partial charge in [-0.1, -0.05) is 18.2 Å². The molecule has 8 nitrogen and oxygen atoms in total. The lowest BCUT2D eigenvalue weighted by molar-refractivity contribution is -0.195. The topological polar surface area (TPSA) is 85.4 Å². The molecule has 0 aromatic heterocycles. The maximum Gasteiger partial charge on any atom is 0.341 e. The van der Waals surface area contributed by atoms with E-state index in [2.05, 4.69) is 11.0 Å². The molecule has 30 heavy (non-hydrogen) atoms. The summed E-state index contributed by atoms with van der Waals surface area (Å²) in [5.41, 5.74) is -1.11. The average Bonchev–Trinajstić information content (AvgIpc) is 3.42. The largest absolute Gasteiger partial charge is 0.469 e. The van der Waals surface area contributed by atoms with E-state index in [1.54, 1.807) is 4.90 Å². The number of likely N-dealkylation sites (N-methyl/N-ethyl adjacent to an activating group) is 1. The van der Waals surface area contributed by atoms with Gasteiger partial charge >= 0.3 is 11.9 Å². The van der Waals surface area contributed by atoms with E-state index in [4.69, 9.17) is 14.2 Å². The van der Waals surface area contributed by atoms with Crippen LogP contribution in [-0.2, 0) is 34.0 Å². The molecule has 0 saturated carbocycles. The first-order chi connectivity index (χ1) is 14.4. The number of esters is 2. The average molecular weight is 412 g/mol. The van der Waals surface area contributed by atoms with Gasteiger partial charge in [-0.3, -0.25) is 9.59 Å². The van der Waals surface area contributed by atoms with Crippen LogP contribution in [0.1, 0.15) is 24.8 Å². The highest BCUT2D eigenvalue weighted by Gasteiger charge is 2.92. The molecular weight excluding hydrogens is 388 g/mol. The summed E-state index contributed by atoms with van der Waals surface area (Å²) >= 11 is 0. The number of carbonyl (C=O) groups is 3. The van der Waals surface area contributed by atoms with Gasteiger partial charge in [-0.2, -0.15) is 0 Å². The number of hydrogen-bond acceptors (Lipinski definition) is 7. The molecule has 8 heteroatoms. The Kier molecular flexibility index (Phi) is 3.24. The Morgan fingerprint density at radius 3 is 2.70 bits per heavy atom. The zero-order valence-corrected chi connectivity index (χ0v) is 17.2. The zero-order valence-electron chi connectivity index (χ0n) is 17.2. The summed E-state index contributed by atoms with van der Waals surface area (Å²) in [5.74, 6) is -2.22. The maximum atomic E-state index is 13.5. The molecule has 4 fully saturated rings. The highest BCUT2D eigenvalue weighted by Crippen LogP contribution is 2.76. The Morgan fingerprint density at radius 2 is 1.97 bits per heavy atom. The minimum atomic E-state index is -1.54. The summed E-state index contributed by atoms with van der Waals surface area (Å²) in [6, 6.07) is 7.58. The second-order valence-electron chi connectivity index (χ2n) is 9.03. The summed E-state index contributed by atoms with van der Waals surface area (Å²) in [6.45, 7) is 0.541. The number of carbonyl (C=O) groups excluding carboxylic acids is 3. The molecule has 158 valence electrons. The minimum absolute atomic E-state index is 0.0140. The molecule has 4 saturated heterocycles. The van der Waals surface area contributed by atoms with Gasteiger partial charge in [0, 0.05) is 31.6 Å². The van der Waals surface area contributed by atoms with Gasteiger partial charge in [0.1, 0.15) is 5.92 Å². The molecule has 2 spiro atoms. The standard InChI is InChI=1S/C22H24N2O6/c1-23-14-7-5-4-6-12(14)20-10-11-24-15(25)9-8-13-16(17(26)28-2)21(18(20)23,19(27)29-3)30-22(13,20)24/h4-7,13,16,18H,8-11H2,1-3H3/t13-,16-,18+,20-,21+,22-/m0/s1. The minimum Gasteiger partial charge on any atom is -0.469 e. The van der Waals surface area contributed by atoms with Crippen LogP contribution in [0.5, 0.6) is 0 Å². The summed E-state index contributed by atoms with van der Waals surface area (Å²) < 4.78 is 17.2. The third-order valence-electron chi connectivity index (χ3n) is 8.42. The molecule has 6 rings (SSSR count). The molecule has 1 amide bonds. The maximum absolute atomic E-state index is 13.5. The lowest BCUT2D eigenvalue weighted by atomic mass is 9.52. The van der Waals surface area contributed by atoms with E-state index in [1.807, 2.05) is 25.2 Å². The van der Waals surface area contributed by atoms with Crippen LogP contribution in [0.4, 0.5) is 5.69 Å².